The van der Waals surface area contributed by atoms with Crippen LogP contribution in [0.3, 0.4) is 0 Å². The van der Waals surface area contributed by atoms with Gasteiger partial charge in [-0.3, -0.25) is 4.79 Å². The second-order valence-corrected chi connectivity index (χ2v) is 3.55. The molecule has 0 saturated carbocycles. The van der Waals surface area contributed by atoms with Gasteiger partial charge in [0.25, 0.3) is 0 Å². The minimum atomic E-state index is -0.592. The number of nitrogens with one attached hydrogen (secondary N) is 1. The lowest BCUT2D eigenvalue weighted by Crippen LogP contribution is -2.35. The number of rotatable bonds is 6. The number of likely N-dealkylation sites (N-methyl/N-ethyl adjacent to an activating group) is 2. The first-order chi connectivity index (χ1) is 8.04. The quantitative estimate of drug-likeness (QED) is 0.533. The predicted molar refractivity (Wildman–Crippen MR) is 60.4 cm³/mol. The van der Waals surface area contributed by atoms with Gasteiger partial charge in [-0.1, -0.05) is 0 Å². The topological polar surface area (TPSA) is 93.3 Å². The average Bonchev–Trinajstić information content (AvgIpc) is 2.74. The molecule has 0 unspecified atom stereocenters. The van der Waals surface area contributed by atoms with Crippen LogP contribution >= 0.6 is 0 Å². The molecule has 1 aromatic rings. The molecular weight excluding hydrogens is 226 g/mol. The molecule has 17 heavy (non-hydrogen) atoms. The van der Waals surface area contributed by atoms with E-state index in [2.05, 4.69) is 10.4 Å². The number of carbonyl (C=O) groups is 1. The third-order valence-corrected chi connectivity index (χ3v) is 2.23. The molecular formula is C9H15N5O3. The molecule has 0 aliphatic rings. The van der Waals surface area contributed by atoms with E-state index in [0.717, 1.165) is 0 Å². The second-order valence-electron chi connectivity index (χ2n) is 3.55. The molecule has 0 aliphatic carbocycles. The van der Waals surface area contributed by atoms with Crippen LogP contribution in [0.5, 0.6) is 0 Å². The highest BCUT2D eigenvalue weighted by molar-refractivity contribution is 5.75. The summed E-state index contributed by atoms with van der Waals surface area (Å²) in [6.07, 6.45) is 1.42. The first kappa shape index (κ1) is 13.1. The van der Waals surface area contributed by atoms with Crippen molar-refractivity contribution in [3.8, 4) is 0 Å². The van der Waals surface area contributed by atoms with Crippen LogP contribution in [-0.4, -0.2) is 52.7 Å². The number of carbonyl (C=O) groups excluding carboxylic acids is 1. The Balaban J connectivity index is 2.52. The lowest BCUT2D eigenvalue weighted by molar-refractivity contribution is -0.389. The summed E-state index contributed by atoms with van der Waals surface area (Å²) in [5.74, 6) is -0.395. The fourth-order valence-electron chi connectivity index (χ4n) is 1.20. The van der Waals surface area contributed by atoms with E-state index in [0.29, 0.717) is 13.1 Å². The van der Waals surface area contributed by atoms with Crippen LogP contribution in [-0.2, 0) is 11.3 Å². The van der Waals surface area contributed by atoms with E-state index in [1.54, 1.807) is 19.0 Å². The van der Waals surface area contributed by atoms with Crippen molar-refractivity contribution < 1.29 is 9.72 Å². The maximum absolute atomic E-state index is 11.7. The third kappa shape index (κ3) is 3.83. The van der Waals surface area contributed by atoms with Gasteiger partial charge in [-0.05, 0) is 12.0 Å². The zero-order chi connectivity index (χ0) is 12.8. The minimum Gasteiger partial charge on any atom is -0.358 e. The first-order valence-electron chi connectivity index (χ1n) is 5.11. The molecule has 0 bridgehead atoms. The average molecular weight is 241 g/mol. The molecule has 0 saturated heterocycles. The molecule has 0 atom stereocenters. The van der Waals surface area contributed by atoms with Gasteiger partial charge >= 0.3 is 5.82 Å². The van der Waals surface area contributed by atoms with E-state index in [1.807, 2.05) is 0 Å². The van der Waals surface area contributed by atoms with E-state index >= 15 is 0 Å². The lowest BCUT2D eigenvalue weighted by Gasteiger charge is -2.15. The Bertz CT molecular complexity index is 403. The van der Waals surface area contributed by atoms with E-state index in [9.17, 15) is 14.9 Å². The van der Waals surface area contributed by atoms with Gasteiger partial charge in [0.2, 0.25) is 5.91 Å². The summed E-state index contributed by atoms with van der Waals surface area (Å²) in [5.41, 5.74) is 0. The highest BCUT2D eigenvalue weighted by Crippen LogP contribution is 2.05. The molecule has 1 aromatic heterocycles. The van der Waals surface area contributed by atoms with Crippen LogP contribution in [0.15, 0.2) is 12.3 Å². The molecule has 1 N–H and O–H groups in total. The summed E-state index contributed by atoms with van der Waals surface area (Å²) >= 11 is 0. The van der Waals surface area contributed by atoms with Crippen LogP contribution < -0.4 is 5.32 Å². The monoisotopic (exact) mass is 241 g/mol. The highest BCUT2D eigenvalue weighted by Gasteiger charge is 2.15. The standard InChI is InChI=1S/C9H15N5O3/c1-10-4-6-12(2)9(15)7-13-5-3-8(11-13)14(16)17/h3,5,10H,4,6-7H2,1-2H3. The van der Waals surface area contributed by atoms with Crippen LogP contribution in [0.25, 0.3) is 0 Å². The molecule has 0 spiro atoms. The number of nitro groups is 1. The minimum absolute atomic E-state index is 0.00799. The maximum Gasteiger partial charge on any atom is 0.389 e. The Labute approximate surface area is 98.4 Å². The van der Waals surface area contributed by atoms with Gasteiger partial charge in [0, 0.05) is 20.1 Å². The van der Waals surface area contributed by atoms with Gasteiger partial charge in [-0.15, -0.1) is 0 Å². The smallest absolute Gasteiger partial charge is 0.358 e. The largest absolute Gasteiger partial charge is 0.389 e. The van der Waals surface area contributed by atoms with Crippen LogP contribution in [0, 0.1) is 10.1 Å². The van der Waals surface area contributed by atoms with Crippen molar-refractivity contribution in [2.45, 2.75) is 6.54 Å². The van der Waals surface area contributed by atoms with Crippen molar-refractivity contribution in [2.24, 2.45) is 0 Å². The SMILES string of the molecule is CNCCN(C)C(=O)Cn1ccc([N+](=O)[O-])n1. The zero-order valence-electron chi connectivity index (χ0n) is 9.79. The first-order valence-corrected chi connectivity index (χ1v) is 5.11. The lowest BCUT2D eigenvalue weighted by atomic mass is 10.5. The third-order valence-electron chi connectivity index (χ3n) is 2.23. The summed E-state index contributed by atoms with van der Waals surface area (Å²) in [4.78, 5) is 23.0. The van der Waals surface area contributed by atoms with Crippen LogP contribution in [0.1, 0.15) is 0 Å². The molecule has 1 heterocycles. The summed E-state index contributed by atoms with van der Waals surface area (Å²) in [6.45, 7) is 1.29. The fourth-order valence-corrected chi connectivity index (χ4v) is 1.20. The van der Waals surface area contributed by atoms with Gasteiger partial charge in [0.1, 0.15) is 6.54 Å². The Morgan fingerprint density at radius 2 is 2.41 bits per heavy atom. The van der Waals surface area contributed by atoms with Crippen LogP contribution in [0.2, 0.25) is 0 Å². The van der Waals surface area contributed by atoms with Gasteiger partial charge in [-0.2, -0.15) is 4.68 Å². The van der Waals surface area contributed by atoms with Gasteiger partial charge in [0.15, 0.2) is 0 Å². The van der Waals surface area contributed by atoms with Crippen LogP contribution in [0.4, 0.5) is 5.82 Å². The normalized spacial score (nSPS) is 10.2. The van der Waals surface area contributed by atoms with E-state index in [-0.39, 0.29) is 18.3 Å². The summed E-state index contributed by atoms with van der Waals surface area (Å²) < 4.78 is 1.26. The highest BCUT2D eigenvalue weighted by atomic mass is 16.6. The van der Waals surface area contributed by atoms with Crippen molar-refractivity contribution in [3.63, 3.8) is 0 Å². The maximum atomic E-state index is 11.7. The van der Waals surface area contributed by atoms with Gasteiger partial charge in [0.05, 0.1) is 17.4 Å². The summed E-state index contributed by atoms with van der Waals surface area (Å²) in [7, 11) is 3.48. The second kappa shape index (κ2) is 5.94. The molecule has 8 heteroatoms. The van der Waals surface area contributed by atoms with Crippen molar-refractivity contribution in [3.05, 3.63) is 22.4 Å². The number of amides is 1. The molecule has 0 aromatic carbocycles. The Kier molecular flexibility index (Phi) is 4.58. The summed E-state index contributed by atoms with van der Waals surface area (Å²) in [6, 6.07) is 1.26. The number of hydrogen-bond acceptors (Lipinski definition) is 5. The molecule has 0 radical (unpaired) electrons. The molecule has 1 rings (SSSR count). The van der Waals surface area contributed by atoms with E-state index < -0.39 is 4.92 Å². The van der Waals surface area contributed by atoms with Crippen molar-refractivity contribution in [1.29, 1.82) is 0 Å². The fraction of sp³-hybridized carbons (Fsp3) is 0.556. The van der Waals surface area contributed by atoms with Gasteiger partial charge in [-0.25, -0.2) is 0 Å². The molecule has 0 fully saturated rings. The number of hydrogen-bond donors (Lipinski definition) is 1. The van der Waals surface area contributed by atoms with Crippen molar-refractivity contribution in [2.75, 3.05) is 27.2 Å². The van der Waals surface area contributed by atoms with Gasteiger partial charge < -0.3 is 20.3 Å². The molecule has 94 valence electrons. The Morgan fingerprint density at radius 1 is 1.71 bits per heavy atom. The molecule has 0 aliphatic heterocycles. The Hall–Kier alpha value is -1.96. The zero-order valence-corrected chi connectivity index (χ0v) is 9.79. The van der Waals surface area contributed by atoms with E-state index in [1.165, 1.54) is 16.9 Å². The number of aromatic nitrogens is 2. The summed E-state index contributed by atoms with van der Waals surface area (Å²) in [5, 5.41) is 17.0. The van der Waals surface area contributed by atoms with E-state index in [4.69, 9.17) is 0 Å². The predicted octanol–water partition coefficient (Wildman–Crippen LogP) is -0.531. The van der Waals surface area contributed by atoms with Crippen molar-refractivity contribution in [1.82, 2.24) is 20.0 Å². The molecule has 1 amide bonds. The Morgan fingerprint density at radius 3 is 2.94 bits per heavy atom. The van der Waals surface area contributed by atoms with Crippen molar-refractivity contribution >= 4 is 11.7 Å². The number of nitrogens with zero attached hydrogens (tertiary/aromatic N) is 4. The molecule has 8 nitrogen and oxygen atoms in total.